The first-order valence-corrected chi connectivity index (χ1v) is 7.07. The molecule has 0 atom stereocenters. The van der Waals surface area contributed by atoms with Crippen LogP contribution in [0.4, 0.5) is 0 Å². The number of hydrogen-bond acceptors (Lipinski definition) is 4. The van der Waals surface area contributed by atoms with Crippen LogP contribution in [0, 0.1) is 0 Å². The highest BCUT2D eigenvalue weighted by Gasteiger charge is 2.00. The number of benzene rings is 2. The van der Waals surface area contributed by atoms with Gasteiger partial charge in [-0.2, -0.15) is 5.10 Å². The van der Waals surface area contributed by atoms with Crippen LogP contribution in [0.3, 0.4) is 0 Å². The van der Waals surface area contributed by atoms with E-state index in [1.54, 1.807) is 24.4 Å². The summed E-state index contributed by atoms with van der Waals surface area (Å²) in [7, 11) is 1.50. The molecule has 0 aliphatic rings. The third-order valence-corrected chi connectivity index (χ3v) is 3.11. The van der Waals surface area contributed by atoms with Gasteiger partial charge in [0.2, 0.25) is 0 Å². The number of methoxy groups -OCH3 is 1. The predicted octanol–water partition coefficient (Wildman–Crippen LogP) is 2.40. The first-order chi connectivity index (χ1) is 10.7. The number of aromatic hydroxyl groups is 1. The molecule has 0 fully saturated rings. The smallest absolute Gasteiger partial charge is 0.187 e. The van der Waals surface area contributed by atoms with E-state index in [1.165, 1.54) is 7.11 Å². The lowest BCUT2D eigenvalue weighted by Gasteiger charge is -2.07. The van der Waals surface area contributed by atoms with Gasteiger partial charge in [-0.15, -0.1) is 0 Å². The van der Waals surface area contributed by atoms with Gasteiger partial charge in [0, 0.05) is 6.54 Å². The maximum atomic E-state index is 9.66. The van der Waals surface area contributed by atoms with Gasteiger partial charge in [0.1, 0.15) is 0 Å². The summed E-state index contributed by atoms with van der Waals surface area (Å²) in [4.78, 5) is 0. The SMILES string of the molecule is COc1ccc(/C=N\NC(=S)NCc2ccccc2)cc1O. The summed E-state index contributed by atoms with van der Waals surface area (Å²) in [5, 5.41) is 17.2. The molecular weight excluding hydrogens is 298 g/mol. The number of hydrazone groups is 1. The highest BCUT2D eigenvalue weighted by molar-refractivity contribution is 7.80. The van der Waals surface area contributed by atoms with E-state index in [0.29, 0.717) is 17.4 Å². The summed E-state index contributed by atoms with van der Waals surface area (Å²) in [6.45, 7) is 0.630. The van der Waals surface area contributed by atoms with Crippen LogP contribution < -0.4 is 15.5 Å². The van der Waals surface area contributed by atoms with Crippen LogP contribution in [0.2, 0.25) is 0 Å². The molecule has 0 heterocycles. The Kier molecular flexibility index (Phi) is 5.73. The molecule has 0 unspecified atom stereocenters. The van der Waals surface area contributed by atoms with Gasteiger partial charge in [0.25, 0.3) is 0 Å². The minimum atomic E-state index is 0.0660. The van der Waals surface area contributed by atoms with Gasteiger partial charge in [-0.25, -0.2) is 0 Å². The number of thiocarbonyl (C=S) groups is 1. The Hall–Kier alpha value is -2.60. The maximum absolute atomic E-state index is 9.66. The largest absolute Gasteiger partial charge is 0.504 e. The molecule has 0 saturated heterocycles. The van der Waals surface area contributed by atoms with Crippen molar-refractivity contribution in [2.24, 2.45) is 5.10 Å². The zero-order chi connectivity index (χ0) is 15.8. The Labute approximate surface area is 134 Å². The lowest BCUT2D eigenvalue weighted by Crippen LogP contribution is -2.31. The average Bonchev–Trinajstić information content (AvgIpc) is 2.54. The molecule has 114 valence electrons. The fraction of sp³-hybridized carbons (Fsp3) is 0.125. The van der Waals surface area contributed by atoms with Gasteiger partial charge in [-0.1, -0.05) is 30.3 Å². The van der Waals surface area contributed by atoms with Crippen molar-refractivity contribution in [2.45, 2.75) is 6.54 Å². The van der Waals surface area contributed by atoms with Gasteiger partial charge in [0.15, 0.2) is 16.6 Å². The number of hydrogen-bond donors (Lipinski definition) is 3. The van der Waals surface area contributed by atoms with Crippen molar-refractivity contribution in [3.63, 3.8) is 0 Å². The summed E-state index contributed by atoms with van der Waals surface area (Å²) >= 11 is 5.13. The van der Waals surface area contributed by atoms with Crippen molar-refractivity contribution in [1.29, 1.82) is 0 Å². The Morgan fingerprint density at radius 2 is 2.05 bits per heavy atom. The van der Waals surface area contributed by atoms with Crippen molar-refractivity contribution < 1.29 is 9.84 Å². The first-order valence-electron chi connectivity index (χ1n) is 6.67. The van der Waals surface area contributed by atoms with Crippen molar-refractivity contribution in [2.75, 3.05) is 7.11 Å². The lowest BCUT2D eigenvalue weighted by atomic mass is 10.2. The monoisotopic (exact) mass is 315 g/mol. The second-order valence-corrected chi connectivity index (χ2v) is 4.88. The van der Waals surface area contributed by atoms with Gasteiger partial charge < -0.3 is 15.2 Å². The number of phenols is 1. The highest BCUT2D eigenvalue weighted by Crippen LogP contribution is 2.25. The van der Waals surface area contributed by atoms with E-state index in [-0.39, 0.29) is 5.75 Å². The molecular formula is C16H17N3O2S. The van der Waals surface area contributed by atoms with Crippen LogP contribution in [-0.4, -0.2) is 23.5 Å². The van der Waals surface area contributed by atoms with Crippen molar-refractivity contribution in [1.82, 2.24) is 10.7 Å². The Morgan fingerprint density at radius 3 is 2.73 bits per heavy atom. The second-order valence-electron chi connectivity index (χ2n) is 4.47. The molecule has 0 amide bonds. The van der Waals surface area contributed by atoms with Crippen molar-refractivity contribution in [3.8, 4) is 11.5 Å². The Balaban J connectivity index is 1.81. The standard InChI is InChI=1S/C16H17N3O2S/c1-21-15-8-7-13(9-14(15)20)11-18-19-16(22)17-10-12-5-3-2-4-6-12/h2-9,11,20H,10H2,1H3,(H2,17,19,22)/b18-11-. The molecule has 0 radical (unpaired) electrons. The van der Waals surface area contributed by atoms with Crippen LogP contribution in [0.15, 0.2) is 53.6 Å². The normalized spacial score (nSPS) is 10.4. The summed E-state index contributed by atoms with van der Waals surface area (Å²) in [5.41, 5.74) is 4.59. The molecule has 2 rings (SSSR count). The van der Waals surface area contributed by atoms with E-state index in [9.17, 15) is 5.11 Å². The molecule has 6 heteroatoms. The maximum Gasteiger partial charge on any atom is 0.187 e. The summed E-state index contributed by atoms with van der Waals surface area (Å²) in [6.07, 6.45) is 1.57. The van der Waals surface area contributed by atoms with Crippen LogP contribution >= 0.6 is 12.2 Å². The van der Waals surface area contributed by atoms with Crippen molar-refractivity contribution in [3.05, 3.63) is 59.7 Å². The molecule has 2 aromatic carbocycles. The molecule has 0 bridgehead atoms. The minimum Gasteiger partial charge on any atom is -0.504 e. The third kappa shape index (κ3) is 4.75. The molecule has 0 aliphatic carbocycles. The van der Waals surface area contributed by atoms with Crippen LogP contribution in [0.1, 0.15) is 11.1 Å². The lowest BCUT2D eigenvalue weighted by molar-refractivity contribution is 0.373. The van der Waals surface area contributed by atoms with Gasteiger partial charge in [-0.3, -0.25) is 5.43 Å². The van der Waals surface area contributed by atoms with E-state index >= 15 is 0 Å². The molecule has 0 aromatic heterocycles. The first kappa shape index (κ1) is 15.8. The van der Waals surface area contributed by atoms with Gasteiger partial charge >= 0.3 is 0 Å². The van der Waals surface area contributed by atoms with E-state index < -0.39 is 0 Å². The molecule has 0 aliphatic heterocycles. The Bertz CT molecular complexity index is 660. The fourth-order valence-electron chi connectivity index (χ4n) is 1.77. The van der Waals surface area contributed by atoms with E-state index in [4.69, 9.17) is 17.0 Å². The number of phenolic OH excluding ortho intramolecular Hbond substituents is 1. The Morgan fingerprint density at radius 1 is 1.27 bits per heavy atom. The summed E-state index contributed by atoms with van der Waals surface area (Å²) < 4.78 is 4.98. The predicted molar refractivity (Wildman–Crippen MR) is 91.3 cm³/mol. The number of nitrogens with zero attached hydrogens (tertiary/aromatic N) is 1. The van der Waals surface area contributed by atoms with Crippen molar-refractivity contribution >= 4 is 23.5 Å². The van der Waals surface area contributed by atoms with Crippen LogP contribution in [0.25, 0.3) is 0 Å². The average molecular weight is 315 g/mol. The minimum absolute atomic E-state index is 0.0660. The van der Waals surface area contributed by atoms with Gasteiger partial charge in [-0.05, 0) is 41.5 Å². The molecule has 5 nitrogen and oxygen atoms in total. The number of ether oxygens (including phenoxy) is 1. The highest BCUT2D eigenvalue weighted by atomic mass is 32.1. The third-order valence-electron chi connectivity index (χ3n) is 2.88. The molecule has 0 saturated carbocycles. The molecule has 22 heavy (non-hydrogen) atoms. The van der Waals surface area contributed by atoms with E-state index in [2.05, 4.69) is 15.8 Å². The summed E-state index contributed by atoms with van der Waals surface area (Å²) in [5.74, 6) is 0.487. The molecule has 2 aromatic rings. The molecule has 0 spiro atoms. The molecule has 3 N–H and O–H groups in total. The van der Waals surface area contributed by atoms with Crippen LogP contribution in [-0.2, 0) is 6.54 Å². The van der Waals surface area contributed by atoms with Crippen LogP contribution in [0.5, 0.6) is 11.5 Å². The van der Waals surface area contributed by atoms with E-state index in [1.807, 2.05) is 30.3 Å². The topological polar surface area (TPSA) is 65.9 Å². The fourth-order valence-corrected chi connectivity index (χ4v) is 1.90. The zero-order valence-electron chi connectivity index (χ0n) is 12.1. The number of nitrogens with one attached hydrogen (secondary N) is 2. The second kappa shape index (κ2) is 7.99. The zero-order valence-corrected chi connectivity index (χ0v) is 12.9. The quantitative estimate of drug-likeness (QED) is 0.449. The number of rotatable bonds is 5. The van der Waals surface area contributed by atoms with Gasteiger partial charge in [0.05, 0.1) is 13.3 Å². The van der Waals surface area contributed by atoms with E-state index in [0.717, 1.165) is 11.1 Å². The summed E-state index contributed by atoms with van der Waals surface area (Å²) in [6, 6.07) is 15.0.